The van der Waals surface area contributed by atoms with E-state index in [1.807, 2.05) is 22.9 Å². The second-order valence-electron chi connectivity index (χ2n) is 8.42. The Kier molecular flexibility index (Phi) is 5.43. The summed E-state index contributed by atoms with van der Waals surface area (Å²) in [5.74, 6) is 1.38. The van der Waals surface area contributed by atoms with Crippen LogP contribution >= 0.6 is 12.4 Å². The lowest BCUT2D eigenvalue weighted by atomic mass is 10.1. The van der Waals surface area contributed by atoms with E-state index in [2.05, 4.69) is 25.6 Å². The molecule has 2 aliphatic rings. The van der Waals surface area contributed by atoms with Crippen molar-refractivity contribution in [1.82, 2.24) is 30.0 Å². The Labute approximate surface area is 196 Å². The van der Waals surface area contributed by atoms with Gasteiger partial charge in [-0.2, -0.15) is 5.10 Å². The molecule has 0 unspecified atom stereocenters. The minimum Gasteiger partial charge on any atom is -0.383 e. The zero-order valence-electron chi connectivity index (χ0n) is 17.7. The summed E-state index contributed by atoms with van der Waals surface area (Å²) in [6, 6.07) is 13.3. The Morgan fingerprint density at radius 2 is 1.94 bits per heavy atom. The highest BCUT2D eigenvalue weighted by atomic mass is 35.5. The maximum Gasteiger partial charge on any atom is 0.256 e. The van der Waals surface area contributed by atoms with Crippen LogP contribution in [0.5, 0.6) is 0 Å². The van der Waals surface area contributed by atoms with E-state index in [4.69, 9.17) is 10.8 Å². The molecule has 4 heterocycles. The molecule has 9 nitrogen and oxygen atoms in total. The number of nitrogens with zero attached hydrogens (tertiary/aromatic N) is 5. The van der Waals surface area contributed by atoms with Gasteiger partial charge in [0.2, 0.25) is 0 Å². The lowest BCUT2D eigenvalue weighted by Crippen LogP contribution is -2.35. The fourth-order valence-electron chi connectivity index (χ4n) is 4.93. The van der Waals surface area contributed by atoms with E-state index in [1.165, 1.54) is 12.7 Å². The maximum atomic E-state index is 12.6. The molecule has 1 saturated carbocycles. The first-order chi connectivity index (χ1) is 15.7. The van der Waals surface area contributed by atoms with Gasteiger partial charge >= 0.3 is 0 Å². The number of pyridine rings is 1. The Bertz CT molecular complexity index is 1310. The molecule has 4 N–H and O–H groups in total. The molecule has 2 fully saturated rings. The Balaban J connectivity index is 0.00000228. The van der Waals surface area contributed by atoms with Crippen LogP contribution in [0, 0.1) is 5.92 Å². The van der Waals surface area contributed by atoms with Crippen LogP contribution in [0.15, 0.2) is 55.0 Å². The lowest BCUT2D eigenvalue weighted by Gasteiger charge is -2.23. The smallest absolute Gasteiger partial charge is 0.256 e. The first-order valence-electron chi connectivity index (χ1n) is 10.7. The van der Waals surface area contributed by atoms with Crippen molar-refractivity contribution in [2.24, 2.45) is 5.92 Å². The molecule has 3 atom stereocenters. The standard InChI is InChI=1S/C23H22N8O.ClH/c24-21-19-20(14-4-6-15(7-5-14)23(32)29-18-3-1-2-8-25-18)30-31(22(19)28-12-27-21)17-10-13-9-16(17)26-11-13;/h1-8,12-13,16-17,26H,9-11H2,(H2,24,27,28)(H,25,29,32);1H/t13-,16+,17+;/m1./s1. The molecule has 1 aromatic carbocycles. The summed E-state index contributed by atoms with van der Waals surface area (Å²) < 4.78 is 2.02. The van der Waals surface area contributed by atoms with Gasteiger partial charge in [0, 0.05) is 23.4 Å². The van der Waals surface area contributed by atoms with Crippen LogP contribution < -0.4 is 16.4 Å². The molecular weight excluding hydrogens is 440 g/mol. The first-order valence-corrected chi connectivity index (χ1v) is 10.7. The van der Waals surface area contributed by atoms with E-state index in [0.29, 0.717) is 29.2 Å². The van der Waals surface area contributed by atoms with E-state index < -0.39 is 0 Å². The normalized spacial score (nSPS) is 21.2. The molecule has 1 aliphatic heterocycles. The Hall–Kier alpha value is -3.56. The molecule has 1 aliphatic carbocycles. The summed E-state index contributed by atoms with van der Waals surface area (Å²) in [4.78, 5) is 25.4. The zero-order valence-corrected chi connectivity index (χ0v) is 18.5. The van der Waals surface area contributed by atoms with Crippen LogP contribution in [0.2, 0.25) is 0 Å². The first kappa shape index (κ1) is 21.3. The van der Waals surface area contributed by atoms with Crippen LogP contribution in [0.1, 0.15) is 29.2 Å². The Morgan fingerprint density at radius 3 is 2.64 bits per heavy atom. The number of hydrogen-bond donors (Lipinski definition) is 3. The van der Waals surface area contributed by atoms with Crippen molar-refractivity contribution in [2.75, 3.05) is 17.6 Å². The zero-order chi connectivity index (χ0) is 21.7. The number of halogens is 1. The number of fused-ring (bicyclic) bond motifs is 3. The van der Waals surface area contributed by atoms with Gasteiger partial charge in [0.1, 0.15) is 23.7 Å². The van der Waals surface area contributed by atoms with Crippen LogP contribution in [-0.4, -0.2) is 43.2 Å². The predicted octanol–water partition coefficient (Wildman–Crippen LogP) is 3.07. The maximum absolute atomic E-state index is 12.6. The molecular formula is C23H23ClN8O. The van der Waals surface area contributed by atoms with Crippen molar-refractivity contribution in [1.29, 1.82) is 0 Å². The third-order valence-electron chi connectivity index (χ3n) is 6.45. The topological polar surface area (TPSA) is 124 Å². The highest BCUT2D eigenvalue weighted by Gasteiger charge is 2.42. The van der Waals surface area contributed by atoms with Crippen LogP contribution in [0.3, 0.4) is 0 Å². The monoisotopic (exact) mass is 462 g/mol. The van der Waals surface area contributed by atoms with E-state index >= 15 is 0 Å². The molecule has 1 amide bonds. The summed E-state index contributed by atoms with van der Waals surface area (Å²) in [6.45, 7) is 1.08. The second kappa shape index (κ2) is 8.42. The minimum atomic E-state index is -0.221. The minimum absolute atomic E-state index is 0. The number of benzene rings is 1. The van der Waals surface area contributed by atoms with Crippen molar-refractivity contribution >= 4 is 41.0 Å². The largest absolute Gasteiger partial charge is 0.383 e. The highest BCUT2D eigenvalue weighted by molar-refractivity contribution is 6.04. The number of aromatic nitrogens is 5. The van der Waals surface area contributed by atoms with Crippen molar-refractivity contribution in [3.05, 3.63) is 60.6 Å². The number of rotatable bonds is 4. The van der Waals surface area contributed by atoms with Gasteiger partial charge in [-0.15, -0.1) is 12.4 Å². The van der Waals surface area contributed by atoms with Gasteiger partial charge in [0.25, 0.3) is 5.91 Å². The van der Waals surface area contributed by atoms with Gasteiger partial charge in [-0.25, -0.2) is 19.6 Å². The number of nitrogens with one attached hydrogen (secondary N) is 2. The van der Waals surface area contributed by atoms with Crippen molar-refractivity contribution in [3.8, 4) is 11.3 Å². The van der Waals surface area contributed by atoms with E-state index in [1.54, 1.807) is 30.5 Å². The highest BCUT2D eigenvalue weighted by Crippen LogP contribution is 2.41. The molecule has 168 valence electrons. The van der Waals surface area contributed by atoms with E-state index in [0.717, 1.165) is 35.3 Å². The van der Waals surface area contributed by atoms with Gasteiger partial charge in [-0.05, 0) is 49.6 Å². The fraction of sp³-hybridized carbons (Fsp3) is 0.261. The quantitative estimate of drug-likeness (QED) is 0.425. The number of amides is 1. The number of carbonyl (C=O) groups excluding carboxylic acids is 1. The molecule has 6 rings (SSSR count). The third-order valence-corrected chi connectivity index (χ3v) is 6.45. The molecule has 4 aromatic rings. The number of nitrogens with two attached hydrogens (primary N) is 1. The molecule has 3 aromatic heterocycles. The molecule has 33 heavy (non-hydrogen) atoms. The number of anilines is 2. The number of carbonyl (C=O) groups is 1. The van der Waals surface area contributed by atoms with Gasteiger partial charge in [-0.3, -0.25) is 4.79 Å². The van der Waals surface area contributed by atoms with Crippen LogP contribution in [0.25, 0.3) is 22.3 Å². The van der Waals surface area contributed by atoms with Crippen molar-refractivity contribution in [2.45, 2.75) is 24.9 Å². The van der Waals surface area contributed by atoms with Crippen molar-refractivity contribution < 1.29 is 4.79 Å². The number of piperidine rings is 1. The van der Waals surface area contributed by atoms with E-state index in [-0.39, 0.29) is 24.4 Å². The molecule has 10 heteroatoms. The summed E-state index contributed by atoms with van der Waals surface area (Å²) in [6.07, 6.45) is 5.38. The van der Waals surface area contributed by atoms with Gasteiger partial charge in [-0.1, -0.05) is 18.2 Å². The number of nitrogen functional groups attached to an aromatic ring is 1. The lowest BCUT2D eigenvalue weighted by molar-refractivity contribution is 0.102. The third kappa shape index (κ3) is 3.69. The average molecular weight is 463 g/mol. The summed E-state index contributed by atoms with van der Waals surface area (Å²) in [7, 11) is 0. The summed E-state index contributed by atoms with van der Waals surface area (Å²) >= 11 is 0. The molecule has 2 bridgehead atoms. The van der Waals surface area contributed by atoms with Crippen LogP contribution in [-0.2, 0) is 0 Å². The van der Waals surface area contributed by atoms with E-state index in [9.17, 15) is 4.79 Å². The van der Waals surface area contributed by atoms with Gasteiger partial charge in [0.05, 0.1) is 11.4 Å². The number of hydrogen-bond acceptors (Lipinski definition) is 7. The Morgan fingerprint density at radius 1 is 1.09 bits per heavy atom. The SMILES string of the molecule is Cl.Nc1ncnc2c1c(-c1ccc(C(=O)Nc3ccccn3)cc1)nn2[C@H]1C[C@@H]2CN[C@H]1C2. The molecule has 1 saturated heterocycles. The van der Waals surface area contributed by atoms with Crippen molar-refractivity contribution in [3.63, 3.8) is 0 Å². The molecule has 0 radical (unpaired) electrons. The van der Waals surface area contributed by atoms with Crippen LogP contribution in [0.4, 0.5) is 11.6 Å². The predicted molar refractivity (Wildman–Crippen MR) is 128 cm³/mol. The van der Waals surface area contributed by atoms with Gasteiger partial charge in [0.15, 0.2) is 5.65 Å². The summed E-state index contributed by atoms with van der Waals surface area (Å²) in [5.41, 5.74) is 9.14. The summed E-state index contributed by atoms with van der Waals surface area (Å²) in [5, 5.41) is 12.1. The molecule has 0 spiro atoms. The van der Waals surface area contributed by atoms with Gasteiger partial charge < -0.3 is 16.4 Å². The average Bonchev–Trinajstić information content (AvgIpc) is 3.55. The fourth-order valence-corrected chi connectivity index (χ4v) is 4.93. The second-order valence-corrected chi connectivity index (χ2v) is 8.42.